The van der Waals surface area contributed by atoms with Crippen LogP contribution < -0.4 is 10.6 Å². The molecule has 1 aromatic carbocycles. The molecule has 2 aromatic heterocycles. The standard InChI is InChI=1S/C19H21N5O2/c25-17(20-13-6-9-15-7-2-1-3-8-15)11-12-18(26)21-19-23-22-16-10-4-5-14-24(16)19/h1-5,7-8,10,14H,6,9,11-13H2,(H,20,25)(H,21,23,26). The van der Waals surface area contributed by atoms with Crippen molar-refractivity contribution < 1.29 is 9.59 Å². The first kappa shape index (κ1) is 17.6. The van der Waals surface area contributed by atoms with Crippen LogP contribution >= 0.6 is 0 Å². The van der Waals surface area contributed by atoms with E-state index in [1.54, 1.807) is 16.7 Å². The zero-order valence-electron chi connectivity index (χ0n) is 14.4. The van der Waals surface area contributed by atoms with Gasteiger partial charge >= 0.3 is 0 Å². The van der Waals surface area contributed by atoms with Crippen LogP contribution in [0.25, 0.3) is 5.65 Å². The summed E-state index contributed by atoms with van der Waals surface area (Å²) in [6.07, 6.45) is 3.81. The second-order valence-electron chi connectivity index (χ2n) is 5.94. The molecule has 7 nitrogen and oxygen atoms in total. The number of hydrogen-bond acceptors (Lipinski definition) is 4. The Bertz CT molecular complexity index is 876. The molecular formula is C19H21N5O2. The van der Waals surface area contributed by atoms with Crippen LogP contribution in [0.5, 0.6) is 0 Å². The molecule has 0 bridgehead atoms. The summed E-state index contributed by atoms with van der Waals surface area (Å²) in [6.45, 7) is 0.601. The van der Waals surface area contributed by atoms with Gasteiger partial charge in [0.05, 0.1) is 0 Å². The normalized spacial score (nSPS) is 10.6. The van der Waals surface area contributed by atoms with Crippen molar-refractivity contribution in [1.82, 2.24) is 19.9 Å². The molecular weight excluding hydrogens is 330 g/mol. The van der Waals surface area contributed by atoms with Gasteiger partial charge in [0.25, 0.3) is 0 Å². The van der Waals surface area contributed by atoms with Crippen LogP contribution in [-0.2, 0) is 16.0 Å². The van der Waals surface area contributed by atoms with Crippen molar-refractivity contribution in [3.8, 4) is 0 Å². The van der Waals surface area contributed by atoms with Crippen molar-refractivity contribution in [3.63, 3.8) is 0 Å². The summed E-state index contributed by atoms with van der Waals surface area (Å²) in [4.78, 5) is 23.9. The van der Waals surface area contributed by atoms with Gasteiger partial charge in [-0.15, -0.1) is 10.2 Å². The van der Waals surface area contributed by atoms with Gasteiger partial charge in [-0.2, -0.15) is 0 Å². The molecule has 0 saturated heterocycles. The fourth-order valence-corrected chi connectivity index (χ4v) is 2.59. The van der Waals surface area contributed by atoms with Crippen LogP contribution in [-0.4, -0.2) is 33.0 Å². The second-order valence-corrected chi connectivity index (χ2v) is 5.94. The third-order valence-electron chi connectivity index (χ3n) is 3.95. The third-order valence-corrected chi connectivity index (χ3v) is 3.95. The number of aromatic nitrogens is 3. The molecule has 0 fully saturated rings. The molecule has 3 aromatic rings. The molecule has 0 atom stereocenters. The first-order chi connectivity index (χ1) is 12.7. The van der Waals surface area contributed by atoms with Crippen LogP contribution in [0.2, 0.25) is 0 Å². The molecule has 0 aliphatic carbocycles. The molecule has 2 heterocycles. The monoisotopic (exact) mass is 351 g/mol. The lowest BCUT2D eigenvalue weighted by molar-refractivity contribution is -0.124. The van der Waals surface area contributed by atoms with Gasteiger partial charge in [-0.25, -0.2) is 0 Å². The van der Waals surface area contributed by atoms with Gasteiger partial charge in [0, 0.05) is 25.6 Å². The Labute approximate surface area is 151 Å². The summed E-state index contributed by atoms with van der Waals surface area (Å²) in [6, 6.07) is 15.6. The molecule has 0 spiro atoms. The average molecular weight is 351 g/mol. The number of pyridine rings is 1. The number of carbonyl (C=O) groups is 2. The number of benzene rings is 1. The van der Waals surface area contributed by atoms with Crippen molar-refractivity contribution in [1.29, 1.82) is 0 Å². The highest BCUT2D eigenvalue weighted by Gasteiger charge is 2.10. The highest BCUT2D eigenvalue weighted by atomic mass is 16.2. The van der Waals surface area contributed by atoms with E-state index >= 15 is 0 Å². The molecule has 7 heteroatoms. The minimum Gasteiger partial charge on any atom is -0.356 e. The predicted molar refractivity (Wildman–Crippen MR) is 98.6 cm³/mol. The third kappa shape index (κ3) is 4.89. The number of rotatable bonds is 8. The topological polar surface area (TPSA) is 88.4 Å². The number of nitrogens with one attached hydrogen (secondary N) is 2. The molecule has 2 N–H and O–H groups in total. The Balaban J connectivity index is 1.35. The lowest BCUT2D eigenvalue weighted by Crippen LogP contribution is -2.26. The maximum absolute atomic E-state index is 12.0. The SMILES string of the molecule is O=C(CCC(=O)Nc1nnc2ccccn12)NCCCc1ccccc1. The molecule has 134 valence electrons. The Morgan fingerprint density at radius 3 is 2.54 bits per heavy atom. The van der Waals surface area contributed by atoms with E-state index in [4.69, 9.17) is 0 Å². The molecule has 0 unspecified atom stereocenters. The van der Waals surface area contributed by atoms with Gasteiger partial charge < -0.3 is 5.32 Å². The first-order valence-corrected chi connectivity index (χ1v) is 8.62. The summed E-state index contributed by atoms with van der Waals surface area (Å²) in [5.41, 5.74) is 1.90. The summed E-state index contributed by atoms with van der Waals surface area (Å²) in [7, 11) is 0. The Kier molecular flexibility index (Phi) is 5.92. The van der Waals surface area contributed by atoms with Crippen molar-refractivity contribution in [2.24, 2.45) is 0 Å². The fourth-order valence-electron chi connectivity index (χ4n) is 2.59. The van der Waals surface area contributed by atoms with Crippen LogP contribution in [0.15, 0.2) is 54.7 Å². The molecule has 3 rings (SSSR count). The van der Waals surface area contributed by atoms with Gasteiger partial charge in [-0.3, -0.25) is 19.3 Å². The lowest BCUT2D eigenvalue weighted by atomic mass is 10.1. The van der Waals surface area contributed by atoms with Gasteiger partial charge in [0.2, 0.25) is 17.8 Å². The quantitative estimate of drug-likeness (QED) is 0.609. The van der Waals surface area contributed by atoms with Gasteiger partial charge in [0.15, 0.2) is 5.65 Å². The van der Waals surface area contributed by atoms with Crippen LogP contribution in [0.4, 0.5) is 5.95 Å². The Morgan fingerprint density at radius 2 is 1.69 bits per heavy atom. The summed E-state index contributed by atoms with van der Waals surface area (Å²) in [5.74, 6) is -0.0317. The number of hydrogen-bond donors (Lipinski definition) is 2. The molecule has 0 aliphatic rings. The largest absolute Gasteiger partial charge is 0.356 e. The smallest absolute Gasteiger partial charge is 0.235 e. The van der Waals surface area contributed by atoms with E-state index in [0.29, 0.717) is 18.1 Å². The summed E-state index contributed by atoms with van der Waals surface area (Å²) in [5, 5.41) is 13.4. The van der Waals surface area contributed by atoms with E-state index in [2.05, 4.69) is 33.0 Å². The van der Waals surface area contributed by atoms with Crippen molar-refractivity contribution in [2.45, 2.75) is 25.7 Å². The van der Waals surface area contributed by atoms with E-state index in [1.807, 2.05) is 30.3 Å². The highest BCUT2D eigenvalue weighted by molar-refractivity contribution is 5.92. The number of amides is 2. The van der Waals surface area contributed by atoms with Crippen LogP contribution in [0.3, 0.4) is 0 Å². The number of nitrogens with zero attached hydrogens (tertiary/aromatic N) is 3. The lowest BCUT2D eigenvalue weighted by Gasteiger charge is -2.06. The molecule has 26 heavy (non-hydrogen) atoms. The average Bonchev–Trinajstić information content (AvgIpc) is 3.07. The van der Waals surface area contributed by atoms with Gasteiger partial charge in [-0.1, -0.05) is 36.4 Å². The molecule has 0 aliphatic heterocycles. The Hall–Kier alpha value is -3.22. The van der Waals surface area contributed by atoms with E-state index in [-0.39, 0.29) is 24.7 Å². The number of anilines is 1. The summed E-state index contributed by atoms with van der Waals surface area (Å²) < 4.78 is 1.68. The maximum Gasteiger partial charge on any atom is 0.235 e. The van der Waals surface area contributed by atoms with E-state index in [0.717, 1.165) is 12.8 Å². The minimum absolute atomic E-state index is 0.103. The first-order valence-electron chi connectivity index (χ1n) is 8.62. The maximum atomic E-state index is 12.0. The minimum atomic E-state index is -0.261. The van der Waals surface area contributed by atoms with Crippen LogP contribution in [0, 0.1) is 0 Å². The predicted octanol–water partition coefficient (Wildman–Crippen LogP) is 2.20. The molecule has 0 radical (unpaired) electrons. The summed E-state index contributed by atoms with van der Waals surface area (Å²) >= 11 is 0. The Morgan fingerprint density at radius 1 is 0.923 bits per heavy atom. The van der Waals surface area contributed by atoms with E-state index in [1.165, 1.54) is 5.56 Å². The van der Waals surface area contributed by atoms with Crippen molar-refractivity contribution >= 4 is 23.4 Å². The number of carbonyl (C=O) groups excluding carboxylic acids is 2. The van der Waals surface area contributed by atoms with Crippen molar-refractivity contribution in [2.75, 3.05) is 11.9 Å². The zero-order valence-corrected chi connectivity index (χ0v) is 14.4. The van der Waals surface area contributed by atoms with Gasteiger partial charge in [-0.05, 0) is 30.5 Å². The highest BCUT2D eigenvalue weighted by Crippen LogP contribution is 2.08. The van der Waals surface area contributed by atoms with E-state index in [9.17, 15) is 9.59 Å². The fraction of sp³-hybridized carbons (Fsp3) is 0.263. The molecule has 2 amide bonds. The van der Waals surface area contributed by atoms with Crippen LogP contribution in [0.1, 0.15) is 24.8 Å². The molecule has 0 saturated carbocycles. The number of aryl methyl sites for hydroxylation is 1. The van der Waals surface area contributed by atoms with Gasteiger partial charge in [0.1, 0.15) is 0 Å². The van der Waals surface area contributed by atoms with Crippen molar-refractivity contribution in [3.05, 3.63) is 60.3 Å². The second kappa shape index (κ2) is 8.75. The van der Waals surface area contributed by atoms with E-state index < -0.39 is 0 Å². The zero-order chi connectivity index (χ0) is 18.2. The number of fused-ring (bicyclic) bond motifs is 1.